The number of carbonyl (C=O) groups excluding carboxylic acids is 1. The Morgan fingerprint density at radius 3 is 2.60 bits per heavy atom. The molecule has 136 valence electrons. The molecule has 1 amide bonds. The molecule has 0 atom stereocenters. The van der Waals surface area contributed by atoms with E-state index in [9.17, 15) is 13.2 Å². The fourth-order valence-corrected chi connectivity index (χ4v) is 4.14. The van der Waals surface area contributed by atoms with Crippen LogP contribution in [0.15, 0.2) is 34.5 Å². The molecule has 2 N–H and O–H groups in total. The molecular formula is C15H17ClN2O5S2. The highest BCUT2D eigenvalue weighted by Crippen LogP contribution is 2.28. The molecule has 10 heteroatoms. The Kier molecular flexibility index (Phi) is 6.65. The van der Waals surface area contributed by atoms with Gasteiger partial charge in [0.1, 0.15) is 4.21 Å². The van der Waals surface area contributed by atoms with Gasteiger partial charge in [-0.25, -0.2) is 8.42 Å². The number of carbonyl (C=O) groups is 1. The predicted molar refractivity (Wildman–Crippen MR) is 95.9 cm³/mol. The van der Waals surface area contributed by atoms with E-state index in [-0.39, 0.29) is 9.77 Å². The van der Waals surface area contributed by atoms with Crippen molar-refractivity contribution in [2.45, 2.75) is 17.6 Å². The monoisotopic (exact) mass is 404 g/mol. The van der Waals surface area contributed by atoms with Crippen LogP contribution in [0.5, 0.6) is 11.5 Å². The molecule has 7 nitrogen and oxygen atoms in total. The maximum absolute atomic E-state index is 12.2. The van der Waals surface area contributed by atoms with E-state index in [0.29, 0.717) is 22.4 Å². The Labute approximate surface area is 154 Å². The second-order valence-electron chi connectivity index (χ2n) is 4.83. The van der Waals surface area contributed by atoms with E-state index in [4.69, 9.17) is 21.1 Å². The molecule has 0 radical (unpaired) electrons. The van der Waals surface area contributed by atoms with Gasteiger partial charge in [-0.2, -0.15) is 0 Å². The van der Waals surface area contributed by atoms with Gasteiger partial charge in [0.15, 0.2) is 11.5 Å². The van der Waals surface area contributed by atoms with Crippen LogP contribution < -0.4 is 19.7 Å². The van der Waals surface area contributed by atoms with Crippen molar-refractivity contribution < 1.29 is 22.7 Å². The number of hydrogen-bond donors (Lipinski definition) is 2. The summed E-state index contributed by atoms with van der Waals surface area (Å²) in [6.45, 7) is 2.49. The first kappa shape index (κ1) is 19.5. The van der Waals surface area contributed by atoms with E-state index in [2.05, 4.69) is 5.43 Å². The van der Waals surface area contributed by atoms with Gasteiger partial charge in [-0.15, -0.1) is 16.2 Å². The van der Waals surface area contributed by atoms with E-state index in [0.717, 1.165) is 17.8 Å². The minimum atomic E-state index is -3.88. The number of ether oxygens (including phenoxy) is 2. The quantitative estimate of drug-likeness (QED) is 0.660. The molecule has 0 aliphatic rings. The van der Waals surface area contributed by atoms with Gasteiger partial charge >= 0.3 is 0 Å². The molecule has 0 aliphatic heterocycles. The van der Waals surface area contributed by atoms with Crippen molar-refractivity contribution in [3.63, 3.8) is 0 Å². The van der Waals surface area contributed by atoms with E-state index in [1.165, 1.54) is 31.4 Å². The van der Waals surface area contributed by atoms with Gasteiger partial charge in [-0.3, -0.25) is 10.2 Å². The Balaban J connectivity index is 2.08. The number of sulfonamides is 1. The molecule has 0 aliphatic carbocycles. The summed E-state index contributed by atoms with van der Waals surface area (Å²) in [6, 6.07) is 7.39. The average Bonchev–Trinajstić information content (AvgIpc) is 3.05. The van der Waals surface area contributed by atoms with Crippen molar-refractivity contribution in [1.29, 1.82) is 0 Å². The van der Waals surface area contributed by atoms with Crippen LogP contribution in [0.2, 0.25) is 4.34 Å². The van der Waals surface area contributed by atoms with Gasteiger partial charge in [0.25, 0.3) is 15.9 Å². The van der Waals surface area contributed by atoms with Gasteiger partial charge in [0.05, 0.1) is 18.1 Å². The number of methoxy groups -OCH3 is 1. The third-order valence-corrected chi connectivity index (χ3v) is 5.97. The summed E-state index contributed by atoms with van der Waals surface area (Å²) in [5.74, 6) is 0.260. The Morgan fingerprint density at radius 2 is 2.00 bits per heavy atom. The fraction of sp³-hybridized carbons (Fsp3) is 0.267. The standard InChI is InChI=1S/C15H17ClN2O5S2/c1-3-8-23-11-5-4-10(9-12(11)22-2)15(19)17-18-25(20,21)14-7-6-13(16)24-14/h4-7,9,18H,3,8H2,1-2H3,(H,17,19). The van der Waals surface area contributed by atoms with Crippen LogP contribution in [-0.2, 0) is 10.0 Å². The van der Waals surface area contributed by atoms with Crippen molar-refractivity contribution in [3.05, 3.63) is 40.2 Å². The van der Waals surface area contributed by atoms with Crippen molar-refractivity contribution in [1.82, 2.24) is 10.3 Å². The van der Waals surface area contributed by atoms with E-state index in [1.807, 2.05) is 11.8 Å². The second kappa shape index (κ2) is 8.52. The predicted octanol–water partition coefficient (Wildman–Crippen LogP) is 2.82. The van der Waals surface area contributed by atoms with Gasteiger partial charge in [-0.1, -0.05) is 18.5 Å². The second-order valence-corrected chi connectivity index (χ2v) is 8.46. The first-order valence-corrected chi connectivity index (χ1v) is 9.93. The molecule has 2 aromatic rings. The van der Waals surface area contributed by atoms with E-state index < -0.39 is 15.9 Å². The van der Waals surface area contributed by atoms with Gasteiger partial charge < -0.3 is 9.47 Å². The summed E-state index contributed by atoms with van der Waals surface area (Å²) in [5.41, 5.74) is 2.37. The summed E-state index contributed by atoms with van der Waals surface area (Å²) in [7, 11) is -2.42. The van der Waals surface area contributed by atoms with Crippen LogP contribution >= 0.6 is 22.9 Å². The van der Waals surface area contributed by atoms with Gasteiger partial charge in [0, 0.05) is 5.56 Å². The lowest BCUT2D eigenvalue weighted by molar-refractivity contribution is 0.0944. The third kappa shape index (κ3) is 5.08. The highest BCUT2D eigenvalue weighted by atomic mass is 35.5. The van der Waals surface area contributed by atoms with Crippen LogP contribution in [0.3, 0.4) is 0 Å². The zero-order chi connectivity index (χ0) is 18.4. The lowest BCUT2D eigenvalue weighted by atomic mass is 10.2. The molecule has 1 aromatic heterocycles. The lowest BCUT2D eigenvalue weighted by Crippen LogP contribution is -2.41. The average molecular weight is 405 g/mol. The number of rotatable bonds is 8. The first-order valence-electron chi connectivity index (χ1n) is 7.25. The van der Waals surface area contributed by atoms with E-state index >= 15 is 0 Å². The van der Waals surface area contributed by atoms with Crippen LogP contribution in [-0.4, -0.2) is 28.0 Å². The number of nitrogens with one attached hydrogen (secondary N) is 2. The molecule has 25 heavy (non-hydrogen) atoms. The van der Waals surface area contributed by atoms with Crippen LogP contribution in [0.25, 0.3) is 0 Å². The third-order valence-electron chi connectivity index (χ3n) is 3.00. The molecule has 1 aromatic carbocycles. The van der Waals surface area contributed by atoms with Crippen molar-refractivity contribution in [2.24, 2.45) is 0 Å². The lowest BCUT2D eigenvalue weighted by Gasteiger charge is -2.12. The molecular weight excluding hydrogens is 388 g/mol. The number of benzene rings is 1. The van der Waals surface area contributed by atoms with Crippen LogP contribution in [0.4, 0.5) is 0 Å². The molecule has 0 unspecified atom stereocenters. The zero-order valence-corrected chi connectivity index (χ0v) is 15.9. The molecule has 1 heterocycles. The topological polar surface area (TPSA) is 93.7 Å². The highest BCUT2D eigenvalue weighted by molar-refractivity contribution is 7.91. The summed E-state index contributed by atoms with van der Waals surface area (Å²) in [5, 5.41) is 0. The summed E-state index contributed by atoms with van der Waals surface area (Å²) < 4.78 is 35.1. The minimum absolute atomic E-state index is 0.00121. The molecule has 0 fully saturated rings. The van der Waals surface area contributed by atoms with Crippen molar-refractivity contribution in [3.8, 4) is 11.5 Å². The summed E-state index contributed by atoms with van der Waals surface area (Å²) >= 11 is 6.61. The number of hydrogen-bond acceptors (Lipinski definition) is 6. The molecule has 0 bridgehead atoms. The van der Waals surface area contributed by atoms with E-state index in [1.54, 1.807) is 6.07 Å². The molecule has 2 rings (SSSR count). The maximum Gasteiger partial charge on any atom is 0.266 e. The number of hydrazine groups is 1. The number of halogens is 1. The van der Waals surface area contributed by atoms with Crippen LogP contribution in [0, 0.1) is 0 Å². The number of thiophene rings is 1. The summed E-state index contributed by atoms with van der Waals surface area (Å²) in [4.78, 5) is 14.2. The van der Waals surface area contributed by atoms with Crippen molar-refractivity contribution in [2.75, 3.05) is 13.7 Å². The number of amides is 1. The van der Waals surface area contributed by atoms with Crippen molar-refractivity contribution >= 4 is 38.9 Å². The molecule has 0 saturated carbocycles. The molecule has 0 spiro atoms. The zero-order valence-electron chi connectivity index (χ0n) is 13.5. The fourth-order valence-electron chi connectivity index (χ4n) is 1.82. The SMILES string of the molecule is CCCOc1ccc(C(=O)NNS(=O)(=O)c2ccc(Cl)s2)cc1OC. The largest absolute Gasteiger partial charge is 0.493 e. The van der Waals surface area contributed by atoms with Gasteiger partial charge in [0.2, 0.25) is 0 Å². The van der Waals surface area contributed by atoms with Crippen LogP contribution in [0.1, 0.15) is 23.7 Å². The normalized spacial score (nSPS) is 11.2. The first-order chi connectivity index (χ1) is 11.9. The minimum Gasteiger partial charge on any atom is -0.493 e. The van der Waals surface area contributed by atoms with Gasteiger partial charge in [-0.05, 0) is 36.8 Å². The smallest absolute Gasteiger partial charge is 0.266 e. The summed E-state index contributed by atoms with van der Waals surface area (Å²) in [6.07, 6.45) is 0.833. The Hall–Kier alpha value is -1.81. The Bertz CT molecular complexity index is 851. The maximum atomic E-state index is 12.2. The molecule has 0 saturated heterocycles. The highest BCUT2D eigenvalue weighted by Gasteiger charge is 2.18. The Morgan fingerprint density at radius 1 is 1.24 bits per heavy atom.